The lowest BCUT2D eigenvalue weighted by Crippen LogP contribution is -2.47. The first-order chi connectivity index (χ1) is 10.7. The van der Waals surface area contributed by atoms with Crippen molar-refractivity contribution in [3.05, 3.63) is 35.1 Å². The molecule has 1 N–H and O–H groups in total. The van der Waals surface area contributed by atoms with Gasteiger partial charge < -0.3 is 5.32 Å². The summed E-state index contributed by atoms with van der Waals surface area (Å²) in [6, 6.07) is 1.63. The van der Waals surface area contributed by atoms with Crippen LogP contribution in [0.5, 0.6) is 0 Å². The van der Waals surface area contributed by atoms with Gasteiger partial charge in [-0.25, -0.2) is 13.2 Å². The minimum absolute atomic E-state index is 0. The van der Waals surface area contributed by atoms with E-state index < -0.39 is 17.5 Å². The first-order valence-corrected chi connectivity index (χ1v) is 8.26. The predicted molar refractivity (Wildman–Crippen MR) is 94.6 cm³/mol. The van der Waals surface area contributed by atoms with E-state index >= 15 is 0 Å². The van der Waals surface area contributed by atoms with E-state index in [0.29, 0.717) is 17.5 Å². The molecule has 2 fully saturated rings. The SMILES string of the molecule is Cl.Cl.Fc1cc(F)c([C@@H](C2CCCCC2)N2CCNCC2)cc1F. The van der Waals surface area contributed by atoms with Gasteiger partial charge in [-0.15, -0.1) is 24.8 Å². The van der Waals surface area contributed by atoms with Crippen molar-refractivity contribution >= 4 is 24.8 Å². The Morgan fingerprint density at radius 1 is 0.875 bits per heavy atom. The van der Waals surface area contributed by atoms with Crippen LogP contribution in [0.25, 0.3) is 0 Å². The molecule has 1 saturated heterocycles. The summed E-state index contributed by atoms with van der Waals surface area (Å²) in [6.07, 6.45) is 5.56. The summed E-state index contributed by atoms with van der Waals surface area (Å²) in [6.45, 7) is 3.35. The molecular weight excluding hydrogens is 360 g/mol. The quantitative estimate of drug-likeness (QED) is 0.773. The topological polar surface area (TPSA) is 15.3 Å². The monoisotopic (exact) mass is 384 g/mol. The number of benzene rings is 1. The van der Waals surface area contributed by atoms with Gasteiger partial charge in [-0.1, -0.05) is 19.3 Å². The van der Waals surface area contributed by atoms with Crippen molar-refractivity contribution < 1.29 is 13.2 Å². The molecule has 0 amide bonds. The number of halogens is 5. The minimum Gasteiger partial charge on any atom is -0.314 e. The second-order valence-electron chi connectivity index (χ2n) is 6.42. The standard InChI is InChI=1S/C17H23F3N2.2ClH/c18-14-11-16(20)15(19)10-13(14)17(12-4-2-1-3-5-12)22-8-6-21-7-9-22;;/h10-12,17,21H,1-9H2;2*1H/t17-;;/m1../s1. The molecule has 1 aliphatic carbocycles. The number of piperazine rings is 1. The van der Waals surface area contributed by atoms with E-state index in [4.69, 9.17) is 0 Å². The van der Waals surface area contributed by atoms with E-state index in [-0.39, 0.29) is 30.9 Å². The molecule has 24 heavy (non-hydrogen) atoms. The fraction of sp³-hybridized carbons (Fsp3) is 0.647. The summed E-state index contributed by atoms with van der Waals surface area (Å²) in [4.78, 5) is 2.24. The maximum absolute atomic E-state index is 14.3. The number of nitrogens with one attached hydrogen (secondary N) is 1. The summed E-state index contributed by atoms with van der Waals surface area (Å²) in [5, 5.41) is 3.29. The highest BCUT2D eigenvalue weighted by Crippen LogP contribution is 2.39. The Kier molecular flexibility index (Phi) is 8.85. The first kappa shape index (κ1) is 21.6. The molecule has 1 atom stereocenters. The van der Waals surface area contributed by atoms with E-state index in [1.807, 2.05) is 0 Å². The van der Waals surface area contributed by atoms with Crippen LogP contribution < -0.4 is 5.32 Å². The van der Waals surface area contributed by atoms with Gasteiger partial charge in [0.1, 0.15) is 5.82 Å². The zero-order chi connectivity index (χ0) is 15.5. The van der Waals surface area contributed by atoms with Crippen LogP contribution in [-0.4, -0.2) is 31.1 Å². The van der Waals surface area contributed by atoms with Crippen molar-refractivity contribution in [3.8, 4) is 0 Å². The Balaban J connectivity index is 0.00000144. The van der Waals surface area contributed by atoms with Crippen LogP contribution in [0.2, 0.25) is 0 Å². The normalized spacial score (nSPS) is 20.8. The summed E-state index contributed by atoms with van der Waals surface area (Å²) in [5.74, 6) is -2.35. The molecule has 1 saturated carbocycles. The molecule has 7 heteroatoms. The largest absolute Gasteiger partial charge is 0.314 e. The van der Waals surface area contributed by atoms with Gasteiger partial charge in [-0.2, -0.15) is 0 Å². The number of hydrogen-bond acceptors (Lipinski definition) is 2. The van der Waals surface area contributed by atoms with Gasteiger partial charge in [0.25, 0.3) is 0 Å². The van der Waals surface area contributed by atoms with E-state index in [0.717, 1.165) is 57.9 Å². The minimum atomic E-state index is -1.11. The highest BCUT2D eigenvalue weighted by atomic mass is 35.5. The Morgan fingerprint density at radius 2 is 1.46 bits per heavy atom. The van der Waals surface area contributed by atoms with Gasteiger partial charge in [-0.05, 0) is 24.8 Å². The molecule has 0 aromatic heterocycles. The van der Waals surface area contributed by atoms with Gasteiger partial charge in [0, 0.05) is 43.9 Å². The van der Waals surface area contributed by atoms with Crippen LogP contribution in [0.1, 0.15) is 43.7 Å². The van der Waals surface area contributed by atoms with E-state index in [9.17, 15) is 13.2 Å². The zero-order valence-electron chi connectivity index (χ0n) is 13.6. The number of hydrogen-bond donors (Lipinski definition) is 1. The van der Waals surface area contributed by atoms with Crippen molar-refractivity contribution in [2.24, 2.45) is 5.92 Å². The molecule has 0 bridgehead atoms. The molecule has 1 aromatic rings. The summed E-state index contributed by atoms with van der Waals surface area (Å²) >= 11 is 0. The number of rotatable bonds is 3. The average molecular weight is 385 g/mol. The Hall–Kier alpha value is -0.490. The van der Waals surface area contributed by atoms with Gasteiger partial charge >= 0.3 is 0 Å². The molecule has 0 spiro atoms. The van der Waals surface area contributed by atoms with Gasteiger partial charge in [0.15, 0.2) is 11.6 Å². The maximum atomic E-state index is 14.3. The Morgan fingerprint density at radius 3 is 2.08 bits per heavy atom. The average Bonchev–Trinajstić information content (AvgIpc) is 2.55. The molecule has 1 aromatic carbocycles. The first-order valence-electron chi connectivity index (χ1n) is 8.26. The van der Waals surface area contributed by atoms with Crippen molar-refractivity contribution in [3.63, 3.8) is 0 Å². The van der Waals surface area contributed by atoms with Gasteiger partial charge in [-0.3, -0.25) is 4.90 Å². The highest BCUT2D eigenvalue weighted by molar-refractivity contribution is 5.85. The lowest BCUT2D eigenvalue weighted by Gasteiger charge is -2.41. The van der Waals surface area contributed by atoms with Crippen LogP contribution in [-0.2, 0) is 0 Å². The van der Waals surface area contributed by atoms with Gasteiger partial charge in [0.05, 0.1) is 0 Å². The molecule has 2 aliphatic rings. The molecule has 0 radical (unpaired) electrons. The highest BCUT2D eigenvalue weighted by Gasteiger charge is 2.33. The van der Waals surface area contributed by atoms with E-state index in [1.165, 1.54) is 6.42 Å². The Labute approximate surface area is 154 Å². The molecule has 1 heterocycles. The van der Waals surface area contributed by atoms with Crippen LogP contribution >= 0.6 is 24.8 Å². The van der Waals surface area contributed by atoms with E-state index in [1.54, 1.807) is 0 Å². The van der Waals surface area contributed by atoms with Gasteiger partial charge in [0.2, 0.25) is 0 Å². The third-order valence-electron chi connectivity index (χ3n) is 5.00. The van der Waals surface area contributed by atoms with Crippen LogP contribution in [0.4, 0.5) is 13.2 Å². The fourth-order valence-corrected chi connectivity index (χ4v) is 3.92. The smallest absolute Gasteiger partial charge is 0.161 e. The third-order valence-corrected chi connectivity index (χ3v) is 5.00. The predicted octanol–water partition coefficient (Wildman–Crippen LogP) is 4.47. The maximum Gasteiger partial charge on any atom is 0.161 e. The second kappa shape index (κ2) is 9.85. The molecule has 2 nitrogen and oxygen atoms in total. The lowest BCUT2D eigenvalue weighted by molar-refractivity contribution is 0.100. The molecular formula is C17H25Cl2F3N2. The molecule has 138 valence electrons. The van der Waals surface area contributed by atoms with Crippen molar-refractivity contribution in [2.75, 3.05) is 26.2 Å². The Bertz CT molecular complexity index is 501. The summed E-state index contributed by atoms with van der Waals surface area (Å²) in [7, 11) is 0. The molecule has 0 unspecified atom stereocenters. The van der Waals surface area contributed by atoms with Crippen LogP contribution in [0.15, 0.2) is 12.1 Å². The van der Waals surface area contributed by atoms with Crippen molar-refractivity contribution in [1.82, 2.24) is 10.2 Å². The number of nitrogens with zero attached hydrogens (tertiary/aromatic N) is 1. The molecule has 1 aliphatic heterocycles. The summed E-state index contributed by atoms with van der Waals surface area (Å²) in [5.41, 5.74) is 0.327. The lowest BCUT2D eigenvalue weighted by atomic mass is 9.80. The van der Waals surface area contributed by atoms with E-state index in [2.05, 4.69) is 10.2 Å². The zero-order valence-corrected chi connectivity index (χ0v) is 15.2. The fourth-order valence-electron chi connectivity index (χ4n) is 3.92. The third kappa shape index (κ3) is 4.78. The van der Waals surface area contributed by atoms with Crippen molar-refractivity contribution in [1.29, 1.82) is 0 Å². The summed E-state index contributed by atoms with van der Waals surface area (Å²) < 4.78 is 41.3. The second-order valence-corrected chi connectivity index (χ2v) is 6.42. The van der Waals surface area contributed by atoms with Crippen LogP contribution in [0, 0.1) is 23.4 Å². The van der Waals surface area contributed by atoms with Crippen LogP contribution in [0.3, 0.4) is 0 Å². The van der Waals surface area contributed by atoms with Crippen molar-refractivity contribution in [2.45, 2.75) is 38.1 Å². The molecule has 3 rings (SSSR count).